The van der Waals surface area contributed by atoms with Crippen LogP contribution in [0.4, 0.5) is 0 Å². The van der Waals surface area contributed by atoms with E-state index in [4.69, 9.17) is 4.42 Å². The van der Waals surface area contributed by atoms with Gasteiger partial charge in [0, 0.05) is 51.7 Å². The number of para-hydroxylation sites is 2. The summed E-state index contributed by atoms with van der Waals surface area (Å²) in [5.74, 6) is 0.820. The normalized spacial score (nSPS) is 18.8. The molecule has 5 heteroatoms. The van der Waals surface area contributed by atoms with Crippen molar-refractivity contribution in [2.45, 2.75) is 19.4 Å². The third kappa shape index (κ3) is 4.06. The van der Waals surface area contributed by atoms with Crippen LogP contribution in [-0.2, 0) is 6.42 Å². The van der Waals surface area contributed by atoms with Crippen LogP contribution in [0.5, 0.6) is 0 Å². The monoisotopic (exact) mass is 302 g/mol. The van der Waals surface area contributed by atoms with Crippen molar-refractivity contribution in [2.75, 3.05) is 46.3 Å². The first-order valence-corrected chi connectivity index (χ1v) is 8.19. The summed E-state index contributed by atoms with van der Waals surface area (Å²) in [6, 6.07) is 8.42. The Morgan fingerprint density at radius 1 is 1.23 bits per heavy atom. The molecule has 0 unspecified atom stereocenters. The Hall–Kier alpha value is -1.43. The third-order valence-electron chi connectivity index (χ3n) is 4.30. The van der Waals surface area contributed by atoms with Crippen molar-refractivity contribution < 1.29 is 4.42 Å². The molecular weight excluding hydrogens is 276 g/mol. The SMILES string of the molecule is C[C@@H](CN1CCN(C)CC1)NCCc1nc2ccccc2o1. The van der Waals surface area contributed by atoms with Gasteiger partial charge in [-0.3, -0.25) is 4.90 Å². The maximum atomic E-state index is 5.74. The Balaban J connectivity index is 1.40. The number of nitrogens with one attached hydrogen (secondary N) is 1. The van der Waals surface area contributed by atoms with Crippen molar-refractivity contribution in [3.63, 3.8) is 0 Å². The van der Waals surface area contributed by atoms with Crippen molar-refractivity contribution in [2.24, 2.45) is 0 Å². The second-order valence-corrected chi connectivity index (χ2v) is 6.28. The summed E-state index contributed by atoms with van der Waals surface area (Å²) in [5, 5.41) is 3.58. The van der Waals surface area contributed by atoms with E-state index >= 15 is 0 Å². The van der Waals surface area contributed by atoms with Crippen LogP contribution in [0.15, 0.2) is 28.7 Å². The molecule has 0 bridgehead atoms. The average Bonchev–Trinajstić information content (AvgIpc) is 2.92. The number of piperazine rings is 1. The van der Waals surface area contributed by atoms with Crippen molar-refractivity contribution in [3.8, 4) is 0 Å². The van der Waals surface area contributed by atoms with Crippen LogP contribution in [0.1, 0.15) is 12.8 Å². The Kier molecular flexibility index (Phi) is 5.08. The summed E-state index contributed by atoms with van der Waals surface area (Å²) >= 11 is 0. The lowest BCUT2D eigenvalue weighted by Crippen LogP contribution is -2.49. The van der Waals surface area contributed by atoms with Gasteiger partial charge < -0.3 is 14.6 Å². The van der Waals surface area contributed by atoms with E-state index in [1.165, 1.54) is 26.2 Å². The number of hydrogen-bond acceptors (Lipinski definition) is 5. The summed E-state index contributed by atoms with van der Waals surface area (Å²) < 4.78 is 5.74. The van der Waals surface area contributed by atoms with E-state index in [1.807, 2.05) is 24.3 Å². The smallest absolute Gasteiger partial charge is 0.196 e. The highest BCUT2D eigenvalue weighted by Crippen LogP contribution is 2.14. The number of benzene rings is 1. The largest absolute Gasteiger partial charge is 0.441 e. The number of aromatic nitrogens is 1. The van der Waals surface area contributed by atoms with Crippen molar-refractivity contribution >= 4 is 11.1 Å². The highest BCUT2D eigenvalue weighted by Gasteiger charge is 2.15. The fourth-order valence-corrected chi connectivity index (χ4v) is 2.93. The van der Waals surface area contributed by atoms with Crippen LogP contribution in [0.2, 0.25) is 0 Å². The number of fused-ring (bicyclic) bond motifs is 1. The molecule has 1 aromatic carbocycles. The molecule has 120 valence electrons. The highest BCUT2D eigenvalue weighted by atomic mass is 16.3. The minimum atomic E-state index is 0.493. The molecule has 0 spiro atoms. The standard InChI is InChI=1S/C17H26N4O/c1-14(13-21-11-9-20(2)10-12-21)18-8-7-17-19-15-5-3-4-6-16(15)22-17/h3-6,14,18H,7-13H2,1-2H3/t14-/m0/s1. The molecule has 0 radical (unpaired) electrons. The number of nitrogens with zero attached hydrogens (tertiary/aromatic N) is 3. The van der Waals surface area contributed by atoms with Crippen molar-refractivity contribution in [3.05, 3.63) is 30.2 Å². The fourth-order valence-electron chi connectivity index (χ4n) is 2.93. The number of rotatable bonds is 6. The molecule has 1 atom stereocenters. The molecule has 0 amide bonds. The van der Waals surface area contributed by atoms with Crippen molar-refractivity contribution in [1.82, 2.24) is 20.1 Å². The summed E-state index contributed by atoms with van der Waals surface area (Å²) in [7, 11) is 2.19. The van der Waals surface area contributed by atoms with E-state index in [2.05, 4.69) is 34.1 Å². The van der Waals surface area contributed by atoms with Gasteiger partial charge in [-0.1, -0.05) is 12.1 Å². The molecule has 1 fully saturated rings. The van der Waals surface area contributed by atoms with Gasteiger partial charge in [0.25, 0.3) is 0 Å². The molecule has 5 nitrogen and oxygen atoms in total. The minimum Gasteiger partial charge on any atom is -0.441 e. The molecule has 2 aromatic rings. The lowest BCUT2D eigenvalue weighted by atomic mass is 10.2. The summed E-state index contributed by atoms with van der Waals surface area (Å²) in [4.78, 5) is 9.44. The van der Waals surface area contributed by atoms with Crippen LogP contribution in [-0.4, -0.2) is 67.1 Å². The number of likely N-dealkylation sites (N-methyl/N-ethyl adjacent to an activating group) is 1. The van der Waals surface area contributed by atoms with Crippen LogP contribution >= 0.6 is 0 Å². The molecule has 1 saturated heterocycles. The van der Waals surface area contributed by atoms with Gasteiger partial charge in [-0.25, -0.2) is 4.98 Å². The van der Waals surface area contributed by atoms with Gasteiger partial charge >= 0.3 is 0 Å². The molecular formula is C17H26N4O. The minimum absolute atomic E-state index is 0.493. The summed E-state index contributed by atoms with van der Waals surface area (Å²) in [6.45, 7) is 8.97. The second-order valence-electron chi connectivity index (χ2n) is 6.28. The Labute approximate surface area is 132 Å². The third-order valence-corrected chi connectivity index (χ3v) is 4.30. The van der Waals surface area contributed by atoms with E-state index in [0.717, 1.165) is 36.5 Å². The van der Waals surface area contributed by atoms with Gasteiger partial charge in [0.05, 0.1) is 0 Å². The van der Waals surface area contributed by atoms with Gasteiger partial charge in [-0.15, -0.1) is 0 Å². The van der Waals surface area contributed by atoms with Crippen LogP contribution < -0.4 is 5.32 Å². The quantitative estimate of drug-likeness (QED) is 0.878. The van der Waals surface area contributed by atoms with Crippen LogP contribution in [0.25, 0.3) is 11.1 Å². The second kappa shape index (κ2) is 7.22. The Morgan fingerprint density at radius 3 is 2.77 bits per heavy atom. The first kappa shape index (κ1) is 15.5. The number of oxazole rings is 1. The van der Waals surface area contributed by atoms with Crippen LogP contribution in [0, 0.1) is 0 Å². The topological polar surface area (TPSA) is 44.5 Å². The first-order valence-electron chi connectivity index (χ1n) is 8.19. The maximum Gasteiger partial charge on any atom is 0.196 e. The van der Waals surface area contributed by atoms with E-state index in [0.29, 0.717) is 6.04 Å². The first-order chi connectivity index (χ1) is 10.7. The maximum absolute atomic E-state index is 5.74. The molecule has 1 aromatic heterocycles. The van der Waals surface area contributed by atoms with Gasteiger partial charge in [0.15, 0.2) is 11.5 Å². The molecule has 1 N–H and O–H groups in total. The van der Waals surface area contributed by atoms with Gasteiger partial charge in [-0.2, -0.15) is 0 Å². The van der Waals surface area contributed by atoms with E-state index < -0.39 is 0 Å². The Bertz CT molecular complexity index is 556. The van der Waals surface area contributed by atoms with E-state index in [-0.39, 0.29) is 0 Å². The highest BCUT2D eigenvalue weighted by molar-refractivity contribution is 5.72. The summed E-state index contributed by atoms with van der Waals surface area (Å²) in [5.41, 5.74) is 1.82. The van der Waals surface area contributed by atoms with E-state index in [9.17, 15) is 0 Å². The molecule has 2 heterocycles. The lowest BCUT2D eigenvalue weighted by Gasteiger charge is -2.34. The Morgan fingerprint density at radius 2 is 2.00 bits per heavy atom. The molecule has 22 heavy (non-hydrogen) atoms. The molecule has 1 aliphatic heterocycles. The van der Waals surface area contributed by atoms with Gasteiger partial charge in [0.1, 0.15) is 5.52 Å². The fraction of sp³-hybridized carbons (Fsp3) is 0.588. The summed E-state index contributed by atoms with van der Waals surface area (Å²) in [6.07, 6.45) is 0.835. The van der Waals surface area contributed by atoms with Gasteiger partial charge in [0.2, 0.25) is 0 Å². The molecule has 3 rings (SSSR count). The van der Waals surface area contributed by atoms with Crippen LogP contribution in [0.3, 0.4) is 0 Å². The lowest BCUT2D eigenvalue weighted by molar-refractivity contribution is 0.144. The average molecular weight is 302 g/mol. The number of hydrogen-bond donors (Lipinski definition) is 1. The molecule has 0 aliphatic carbocycles. The zero-order valence-corrected chi connectivity index (χ0v) is 13.6. The molecule has 1 aliphatic rings. The van der Waals surface area contributed by atoms with E-state index in [1.54, 1.807) is 0 Å². The predicted molar refractivity (Wildman–Crippen MR) is 89.1 cm³/mol. The van der Waals surface area contributed by atoms with Crippen molar-refractivity contribution in [1.29, 1.82) is 0 Å². The predicted octanol–water partition coefficient (Wildman–Crippen LogP) is 1.60. The zero-order valence-electron chi connectivity index (χ0n) is 13.6. The molecule has 0 saturated carbocycles. The zero-order chi connectivity index (χ0) is 15.4. The van der Waals surface area contributed by atoms with Gasteiger partial charge in [-0.05, 0) is 26.1 Å².